The predicted molar refractivity (Wildman–Crippen MR) is 542 cm³/mol. The zero-order chi connectivity index (χ0) is 95.0. The molecule has 690 valence electrons. The van der Waals surface area contributed by atoms with Crippen LogP contribution in [-0.4, -0.2) is 200 Å². The van der Waals surface area contributed by atoms with Gasteiger partial charge in [-0.15, -0.1) is 0 Å². The number of para-hydroxylation sites is 4. The van der Waals surface area contributed by atoms with E-state index in [1.54, 1.807) is 255 Å². The molecule has 8 aromatic carbocycles. The molecule has 0 atom stereocenters. The van der Waals surface area contributed by atoms with Gasteiger partial charge >= 0.3 is 0 Å². The quantitative estimate of drug-likeness (QED) is 0.0249. The largest absolute Gasteiger partial charge is 0.357 e. The molecule has 0 unspecified atom stereocenters. The van der Waals surface area contributed by atoms with Gasteiger partial charge in [0.1, 0.15) is 46.6 Å². The number of anilines is 8. The number of halogens is 4. The number of amides is 8. The number of piperazine rings is 1. The number of amidine groups is 4. The summed E-state index contributed by atoms with van der Waals surface area (Å²) < 4.78 is 1.62. The lowest BCUT2D eigenvalue weighted by molar-refractivity contribution is 0.101. The number of nitrogens with one attached hydrogen (secondary N) is 14. The van der Waals surface area contributed by atoms with Crippen molar-refractivity contribution < 1.29 is 38.4 Å². The highest BCUT2D eigenvalue weighted by atomic mass is 79.9. The molecule has 0 saturated carbocycles. The number of benzene rings is 8. The number of nitrogens with zero attached hydrogens (tertiary/aromatic N) is 8. The van der Waals surface area contributed by atoms with Gasteiger partial charge in [-0.3, -0.25) is 60.0 Å². The summed E-state index contributed by atoms with van der Waals surface area (Å²) in [5.41, 5.74) is 7.71. The molecule has 8 amide bonds. The molecule has 4 fully saturated rings. The van der Waals surface area contributed by atoms with E-state index in [1.165, 1.54) is 31.7 Å². The maximum absolute atomic E-state index is 12.9. The summed E-state index contributed by atoms with van der Waals surface area (Å²) in [6, 6.07) is 68.4. The van der Waals surface area contributed by atoms with Gasteiger partial charge in [0.05, 0.1) is 55.0 Å². The Bertz CT molecular complexity index is 6000. The summed E-state index contributed by atoms with van der Waals surface area (Å²) in [6.07, 6.45) is 13.0. The van der Waals surface area contributed by atoms with Crippen molar-refractivity contribution in [3.05, 3.63) is 353 Å². The summed E-state index contributed by atoms with van der Waals surface area (Å²) >= 11 is 20.2. The summed E-state index contributed by atoms with van der Waals surface area (Å²) in [5, 5.41) is 63.6. The molecule has 0 aliphatic carbocycles. The fourth-order valence-electron chi connectivity index (χ4n) is 14.5. The highest BCUT2D eigenvalue weighted by Crippen LogP contribution is 2.28. The zero-order valence-electron chi connectivity index (χ0n) is 73.3. The standard InChI is InChI=1S/C27H28ClN5O2.C25H25BrN6O2.C24H23BrN6O2.C24H22ClN5O2S/c28-21-14-15-24(30-18-21)32-27(35)22-8-4-5-9-23(22)31-26(34)20-12-10-19(11-13-20)25(29)33-16-6-2-1-3-7-17-33;26-19-10-11-22(29-16-19)31-25(34)20-4-1-2-5-21(20)30-24(33)18-8-6-17(7-9-18)23(27)32-14-3-12-28-13-15-32;25-18-9-10-21(28-15-18)30-24(33)19-3-1-2-4-20(19)29-23(32)17-7-5-16(6-8-17)22(26)31-13-11-27-12-14-31;25-18-9-10-21(27-15-18)29-24(32)19-3-1-2-4-20(19)28-23(31)17-7-5-16(6-8-17)22(26)30-11-13-33-14-12-30/h4-5,8-15,18,29H,1-3,6-7,16-17H2,(H,31,34)(H,30,32,35);1-2,4-11,16,27-28H,3,12-15H2,(H,30,33)(H,29,31,34);1-10,15,26-27H,11-14H2,(H,29,32)(H,28,30,33);1-10,15,26H,11-14H2,(H,28,31)(H,27,29,32). The predicted octanol–water partition coefficient (Wildman–Crippen LogP) is 18.0. The van der Waals surface area contributed by atoms with Gasteiger partial charge in [-0.25, -0.2) is 19.9 Å². The number of pyridine rings is 4. The van der Waals surface area contributed by atoms with Crippen LogP contribution >= 0.6 is 66.8 Å². The van der Waals surface area contributed by atoms with Gasteiger partial charge in [-0.1, -0.05) is 140 Å². The highest BCUT2D eigenvalue weighted by Gasteiger charge is 2.25. The summed E-state index contributed by atoms with van der Waals surface area (Å²) in [6.45, 7) is 10.2. The lowest BCUT2D eigenvalue weighted by atomic mass is 10.1. The molecule has 14 N–H and O–H groups in total. The number of hydrogen-bond acceptors (Lipinski definition) is 19. The topological polar surface area (TPSA) is 417 Å². The molecule has 4 aromatic heterocycles. The SMILES string of the molecule is N=C(c1ccc(C(=O)Nc2ccccc2C(=O)Nc2ccc(Br)cn2)cc1)N1CCCNCC1.N=C(c1ccc(C(=O)Nc2ccccc2C(=O)Nc2ccc(Br)cn2)cc1)N1CCNCC1.N=C(c1ccc(C(=O)Nc2ccccc2C(=O)Nc2ccc(Cl)cn2)cc1)N1CCCCCCC1.N=C(c1ccc(C(=O)Nc2ccccc2C(=O)Nc2ccc(Cl)cn2)cc1)N1CCSCC1. The number of likely N-dealkylation sites (tertiary alicyclic amines) is 1. The summed E-state index contributed by atoms with van der Waals surface area (Å²) in [7, 11) is 0. The van der Waals surface area contributed by atoms with E-state index < -0.39 is 11.8 Å². The normalized spacial score (nSPS) is 13.5. The molecule has 12 aromatic rings. The van der Waals surface area contributed by atoms with E-state index in [0.717, 1.165) is 141 Å². The first-order chi connectivity index (χ1) is 65.5. The zero-order valence-corrected chi connectivity index (χ0v) is 78.8. The fraction of sp³-hybridized carbons (Fsp3) is 0.200. The van der Waals surface area contributed by atoms with Crippen LogP contribution in [-0.2, 0) is 0 Å². The van der Waals surface area contributed by atoms with Crippen LogP contribution in [0.3, 0.4) is 0 Å². The number of carbonyl (C=O) groups is 8. The van der Waals surface area contributed by atoms with Crippen molar-refractivity contribution in [2.75, 3.05) is 133 Å². The second-order valence-corrected chi connectivity index (χ2v) is 35.1. The molecule has 135 heavy (non-hydrogen) atoms. The van der Waals surface area contributed by atoms with Crippen LogP contribution in [0, 0.1) is 21.6 Å². The highest BCUT2D eigenvalue weighted by molar-refractivity contribution is 9.10. The van der Waals surface area contributed by atoms with Crippen molar-refractivity contribution in [1.82, 2.24) is 50.2 Å². The van der Waals surface area contributed by atoms with Crippen LogP contribution in [0.15, 0.2) is 276 Å². The van der Waals surface area contributed by atoms with Gasteiger partial charge in [0.25, 0.3) is 47.3 Å². The molecular formula is C100H98Br2Cl2N22O8S. The van der Waals surface area contributed by atoms with Crippen LogP contribution in [0.4, 0.5) is 46.0 Å². The van der Waals surface area contributed by atoms with Crippen LogP contribution in [0.5, 0.6) is 0 Å². The number of thioether (sulfide) groups is 1. The fourth-order valence-corrected chi connectivity index (χ4v) is 16.1. The van der Waals surface area contributed by atoms with Gasteiger partial charge < -0.3 is 72.8 Å². The van der Waals surface area contributed by atoms with E-state index in [9.17, 15) is 38.4 Å². The number of hydrogen-bond donors (Lipinski definition) is 14. The molecule has 0 spiro atoms. The Morgan fingerprint density at radius 3 is 0.822 bits per heavy atom. The molecule has 35 heteroatoms. The van der Waals surface area contributed by atoms with Gasteiger partial charge in [-0.05, 0) is 203 Å². The maximum atomic E-state index is 12.9. The Morgan fingerprint density at radius 1 is 0.274 bits per heavy atom. The van der Waals surface area contributed by atoms with Crippen molar-refractivity contribution in [2.24, 2.45) is 0 Å². The van der Waals surface area contributed by atoms with Crippen LogP contribution in [0.25, 0.3) is 0 Å². The average molecular weight is 2000 g/mol. The minimum atomic E-state index is -0.399. The van der Waals surface area contributed by atoms with E-state index in [4.69, 9.17) is 44.8 Å². The van der Waals surface area contributed by atoms with Gasteiger partial charge in [-0.2, -0.15) is 11.8 Å². The Labute approximate surface area is 812 Å². The van der Waals surface area contributed by atoms with Crippen molar-refractivity contribution in [3.8, 4) is 0 Å². The molecule has 4 aliphatic rings. The van der Waals surface area contributed by atoms with Crippen LogP contribution < -0.4 is 53.2 Å². The van der Waals surface area contributed by atoms with E-state index in [0.29, 0.717) is 124 Å². The first-order valence-electron chi connectivity index (χ1n) is 43.6. The molecule has 16 rings (SSSR count). The molecular weight excluding hydrogens is 1900 g/mol. The molecule has 0 radical (unpaired) electrons. The molecule has 0 bridgehead atoms. The summed E-state index contributed by atoms with van der Waals surface area (Å²) in [4.78, 5) is 127. The van der Waals surface area contributed by atoms with Gasteiger partial charge in [0, 0.05) is 162 Å². The lowest BCUT2D eigenvalue weighted by Crippen LogP contribution is -2.46. The number of carbonyl (C=O) groups excluding carboxylic acids is 8. The van der Waals surface area contributed by atoms with Crippen molar-refractivity contribution in [1.29, 1.82) is 21.6 Å². The molecule has 4 saturated heterocycles. The Kier molecular flexibility index (Phi) is 36.1. The monoisotopic (exact) mass is 1990 g/mol. The third-order valence-corrected chi connectivity index (χ3v) is 24.2. The second kappa shape index (κ2) is 49.5. The van der Waals surface area contributed by atoms with Crippen molar-refractivity contribution >= 4 is 183 Å². The maximum Gasteiger partial charge on any atom is 0.258 e. The first-order valence-corrected chi connectivity index (χ1v) is 47.1. The third-order valence-electron chi connectivity index (χ3n) is 21.8. The van der Waals surface area contributed by atoms with Crippen LogP contribution in [0.2, 0.25) is 10.0 Å². The van der Waals surface area contributed by atoms with Crippen LogP contribution in [0.1, 0.15) is 144 Å². The van der Waals surface area contributed by atoms with Gasteiger partial charge in [0.2, 0.25) is 0 Å². The van der Waals surface area contributed by atoms with E-state index in [1.807, 2.05) is 21.6 Å². The van der Waals surface area contributed by atoms with E-state index in [-0.39, 0.29) is 35.4 Å². The Morgan fingerprint density at radius 2 is 0.526 bits per heavy atom. The number of aromatic nitrogens is 4. The van der Waals surface area contributed by atoms with Crippen molar-refractivity contribution in [3.63, 3.8) is 0 Å². The smallest absolute Gasteiger partial charge is 0.258 e. The van der Waals surface area contributed by atoms with Gasteiger partial charge in [0.15, 0.2) is 0 Å². The molecule has 4 aliphatic heterocycles. The third kappa shape index (κ3) is 28.7. The number of rotatable bonds is 20. The average Bonchev–Trinajstić information content (AvgIpc) is 1.86. The van der Waals surface area contributed by atoms with Crippen molar-refractivity contribution in [2.45, 2.75) is 38.5 Å². The Hall–Kier alpha value is -14.2. The minimum absolute atomic E-state index is 0.309. The van der Waals surface area contributed by atoms with E-state index >= 15 is 0 Å². The summed E-state index contributed by atoms with van der Waals surface area (Å²) in [5.74, 6) is 2.56. The lowest BCUT2D eigenvalue weighted by Gasteiger charge is -2.29. The first kappa shape index (κ1) is 98.3. The minimum Gasteiger partial charge on any atom is -0.357 e. The Balaban J connectivity index is 0.000000152. The molecule has 8 heterocycles. The second-order valence-electron chi connectivity index (χ2n) is 31.1. The molecule has 30 nitrogen and oxygen atoms in total. The van der Waals surface area contributed by atoms with E-state index in [2.05, 4.69) is 115 Å².